The Kier molecular flexibility index (Phi) is 5.91. The molecule has 2 amide bonds. The van der Waals surface area contributed by atoms with E-state index in [4.69, 9.17) is 9.57 Å². The molecule has 2 aliphatic rings. The van der Waals surface area contributed by atoms with Crippen LogP contribution in [0.1, 0.15) is 0 Å². The Labute approximate surface area is 154 Å². The highest BCUT2D eigenvalue weighted by Gasteiger charge is 2.34. The largest absolute Gasteiger partial charge is 0.453 e. The zero-order chi connectivity index (χ0) is 19.4. The van der Waals surface area contributed by atoms with Gasteiger partial charge >= 0.3 is 12.2 Å². The summed E-state index contributed by atoms with van der Waals surface area (Å²) in [5, 5.41) is 2.41. The van der Waals surface area contributed by atoms with Crippen molar-refractivity contribution in [3.8, 4) is 0 Å². The standard InChI is InChI=1S/C16H20F2N4O5/c1-25-15(23)19-8-11-9-22(16(24)27-11)10-6-12(17)14(13(18)7-10)21-3-2-20-26-5-4-21/h6-7,11,20H,2-5,8-9H2,1H3,(H,19,23)/t11-/m0/s1. The number of hydroxylamine groups is 1. The molecule has 2 saturated heterocycles. The van der Waals surface area contributed by atoms with E-state index in [2.05, 4.69) is 15.5 Å². The number of carbonyl (C=O) groups is 2. The van der Waals surface area contributed by atoms with E-state index in [9.17, 15) is 18.4 Å². The zero-order valence-electron chi connectivity index (χ0n) is 14.7. The smallest absolute Gasteiger partial charge is 0.414 e. The molecule has 0 aromatic heterocycles. The third kappa shape index (κ3) is 4.37. The van der Waals surface area contributed by atoms with Crippen LogP contribution < -0.4 is 20.6 Å². The number of hydrogen-bond acceptors (Lipinski definition) is 7. The van der Waals surface area contributed by atoms with Gasteiger partial charge in [0.05, 0.1) is 32.5 Å². The summed E-state index contributed by atoms with van der Waals surface area (Å²) in [6.07, 6.45) is -2.07. The highest BCUT2D eigenvalue weighted by Crippen LogP contribution is 2.31. The predicted molar refractivity (Wildman–Crippen MR) is 90.5 cm³/mol. The van der Waals surface area contributed by atoms with Gasteiger partial charge in [-0.05, 0) is 0 Å². The second-order valence-corrected chi connectivity index (χ2v) is 5.98. The molecule has 1 aromatic carbocycles. The van der Waals surface area contributed by atoms with Crippen LogP contribution in [-0.2, 0) is 14.3 Å². The average molecular weight is 386 g/mol. The van der Waals surface area contributed by atoms with Crippen LogP contribution in [0, 0.1) is 11.6 Å². The first-order valence-electron chi connectivity index (χ1n) is 8.38. The summed E-state index contributed by atoms with van der Waals surface area (Å²) in [5.74, 6) is -1.56. The van der Waals surface area contributed by atoms with Crippen LogP contribution in [0.25, 0.3) is 0 Å². The zero-order valence-corrected chi connectivity index (χ0v) is 14.7. The molecule has 27 heavy (non-hydrogen) atoms. The van der Waals surface area contributed by atoms with Crippen LogP contribution in [0.15, 0.2) is 12.1 Å². The van der Waals surface area contributed by atoms with Gasteiger partial charge in [-0.25, -0.2) is 23.9 Å². The lowest BCUT2D eigenvalue weighted by Crippen LogP contribution is -2.34. The highest BCUT2D eigenvalue weighted by atomic mass is 19.1. The van der Waals surface area contributed by atoms with Crippen LogP contribution in [-0.4, -0.2) is 64.7 Å². The van der Waals surface area contributed by atoms with E-state index in [1.165, 1.54) is 7.11 Å². The number of halogens is 2. The first kappa shape index (κ1) is 19.1. The molecule has 0 spiro atoms. The molecule has 0 aliphatic carbocycles. The van der Waals surface area contributed by atoms with Crippen LogP contribution in [0.5, 0.6) is 0 Å². The van der Waals surface area contributed by atoms with Crippen molar-refractivity contribution in [2.75, 3.05) is 56.2 Å². The number of benzene rings is 1. The van der Waals surface area contributed by atoms with Gasteiger partial charge in [-0.3, -0.25) is 9.74 Å². The number of cyclic esters (lactones) is 1. The van der Waals surface area contributed by atoms with Gasteiger partial charge in [0.15, 0.2) is 11.6 Å². The normalized spacial score (nSPS) is 20.3. The lowest BCUT2D eigenvalue weighted by molar-refractivity contribution is 0.0589. The second-order valence-electron chi connectivity index (χ2n) is 5.98. The summed E-state index contributed by atoms with van der Waals surface area (Å²) in [5.41, 5.74) is 2.56. The summed E-state index contributed by atoms with van der Waals surface area (Å²) >= 11 is 0. The molecule has 3 rings (SSSR count). The van der Waals surface area contributed by atoms with E-state index < -0.39 is 29.9 Å². The first-order valence-corrected chi connectivity index (χ1v) is 8.38. The lowest BCUT2D eigenvalue weighted by Gasteiger charge is -2.24. The fraction of sp³-hybridized carbons (Fsp3) is 0.500. The van der Waals surface area contributed by atoms with Crippen molar-refractivity contribution in [2.45, 2.75) is 6.10 Å². The lowest BCUT2D eigenvalue weighted by atomic mass is 10.2. The number of nitrogens with zero attached hydrogens (tertiary/aromatic N) is 2. The molecule has 0 bridgehead atoms. The maximum atomic E-state index is 14.6. The van der Waals surface area contributed by atoms with Crippen molar-refractivity contribution in [3.05, 3.63) is 23.8 Å². The number of amides is 2. The molecule has 9 nitrogen and oxygen atoms in total. The first-order chi connectivity index (χ1) is 13.0. The van der Waals surface area contributed by atoms with Crippen molar-refractivity contribution in [1.29, 1.82) is 0 Å². The molecule has 2 aliphatic heterocycles. The molecule has 2 N–H and O–H groups in total. The van der Waals surface area contributed by atoms with Gasteiger partial charge in [-0.15, -0.1) is 0 Å². The van der Waals surface area contributed by atoms with E-state index in [0.717, 1.165) is 17.0 Å². The van der Waals surface area contributed by atoms with E-state index in [1.54, 1.807) is 4.90 Å². The number of anilines is 2. The molecule has 11 heteroatoms. The molecule has 0 saturated carbocycles. The Hall–Kier alpha value is -2.66. The second kappa shape index (κ2) is 8.35. The number of rotatable bonds is 4. The SMILES string of the molecule is COC(=O)NC[C@H]1CN(c2cc(F)c(N3CCNOCC3)c(F)c2)C(=O)O1. The third-order valence-corrected chi connectivity index (χ3v) is 4.21. The maximum Gasteiger partial charge on any atom is 0.414 e. The molecular formula is C16H20F2N4O5. The van der Waals surface area contributed by atoms with Crippen molar-refractivity contribution >= 4 is 23.6 Å². The van der Waals surface area contributed by atoms with Gasteiger partial charge < -0.3 is 19.7 Å². The van der Waals surface area contributed by atoms with Gasteiger partial charge in [0.1, 0.15) is 11.8 Å². The Morgan fingerprint density at radius 1 is 1.37 bits per heavy atom. The fourth-order valence-electron chi connectivity index (χ4n) is 2.93. The minimum Gasteiger partial charge on any atom is -0.453 e. The quantitative estimate of drug-likeness (QED) is 0.797. The fourth-order valence-corrected chi connectivity index (χ4v) is 2.93. The van der Waals surface area contributed by atoms with Gasteiger partial charge in [0, 0.05) is 31.8 Å². The van der Waals surface area contributed by atoms with Crippen molar-refractivity contribution in [3.63, 3.8) is 0 Å². The molecule has 1 aromatic rings. The molecule has 0 unspecified atom stereocenters. The Morgan fingerprint density at radius 3 is 2.81 bits per heavy atom. The van der Waals surface area contributed by atoms with Crippen molar-refractivity contribution in [1.82, 2.24) is 10.8 Å². The summed E-state index contributed by atoms with van der Waals surface area (Å²) in [4.78, 5) is 30.9. The minimum absolute atomic E-state index is 0.0265. The Bertz CT molecular complexity index is 689. The molecule has 2 heterocycles. The van der Waals surface area contributed by atoms with Gasteiger partial charge in [-0.1, -0.05) is 0 Å². The summed E-state index contributed by atoms with van der Waals surface area (Å²) < 4.78 is 38.8. The Morgan fingerprint density at radius 2 is 2.11 bits per heavy atom. The topological polar surface area (TPSA) is 92.4 Å². The number of ether oxygens (including phenoxy) is 2. The molecule has 0 radical (unpaired) electrons. The summed E-state index contributed by atoms with van der Waals surface area (Å²) in [7, 11) is 1.21. The summed E-state index contributed by atoms with van der Waals surface area (Å²) in [6, 6.07) is 2.18. The Balaban J connectivity index is 1.73. The number of hydrogen-bond donors (Lipinski definition) is 2. The van der Waals surface area contributed by atoms with Crippen LogP contribution in [0.2, 0.25) is 0 Å². The van der Waals surface area contributed by atoms with Gasteiger partial charge in [-0.2, -0.15) is 0 Å². The van der Waals surface area contributed by atoms with E-state index in [0.29, 0.717) is 19.6 Å². The van der Waals surface area contributed by atoms with Crippen molar-refractivity contribution < 1.29 is 32.7 Å². The maximum absolute atomic E-state index is 14.6. The van der Waals surface area contributed by atoms with E-state index >= 15 is 0 Å². The molecule has 1 atom stereocenters. The molecule has 148 valence electrons. The van der Waals surface area contributed by atoms with Crippen LogP contribution in [0.3, 0.4) is 0 Å². The van der Waals surface area contributed by atoms with E-state index in [-0.39, 0.29) is 31.1 Å². The van der Waals surface area contributed by atoms with Crippen LogP contribution >= 0.6 is 0 Å². The number of carbonyl (C=O) groups excluding carboxylic acids is 2. The molecular weight excluding hydrogens is 366 g/mol. The number of alkyl carbamates (subject to hydrolysis) is 1. The summed E-state index contributed by atoms with van der Waals surface area (Å²) in [6.45, 7) is 1.48. The number of methoxy groups -OCH3 is 1. The van der Waals surface area contributed by atoms with Gasteiger partial charge in [0.2, 0.25) is 0 Å². The van der Waals surface area contributed by atoms with Crippen LogP contribution in [0.4, 0.5) is 29.7 Å². The monoisotopic (exact) mass is 386 g/mol. The predicted octanol–water partition coefficient (Wildman–Crippen LogP) is 0.987. The number of nitrogens with one attached hydrogen (secondary N) is 2. The van der Waals surface area contributed by atoms with Gasteiger partial charge in [0.25, 0.3) is 0 Å². The highest BCUT2D eigenvalue weighted by molar-refractivity contribution is 5.90. The third-order valence-electron chi connectivity index (χ3n) is 4.21. The van der Waals surface area contributed by atoms with Crippen molar-refractivity contribution in [2.24, 2.45) is 0 Å². The average Bonchev–Trinajstić information content (AvgIpc) is 2.82. The van der Waals surface area contributed by atoms with E-state index in [1.807, 2.05) is 0 Å². The minimum atomic E-state index is -0.782. The molecule has 2 fully saturated rings.